The van der Waals surface area contributed by atoms with Crippen LogP contribution in [0.2, 0.25) is 0 Å². The van der Waals surface area contributed by atoms with E-state index in [4.69, 9.17) is 0 Å². The van der Waals surface area contributed by atoms with E-state index in [1.807, 2.05) is 0 Å². The Morgan fingerprint density at radius 2 is 1.87 bits per heavy atom. The number of anilines is 1. The molecule has 0 heterocycles. The Morgan fingerprint density at radius 1 is 1.20 bits per heavy atom. The lowest BCUT2D eigenvalue weighted by atomic mass is 10.2. The third-order valence-electron chi connectivity index (χ3n) is 1.60. The summed E-state index contributed by atoms with van der Waals surface area (Å²) in [7, 11) is 0. The van der Waals surface area contributed by atoms with Crippen LogP contribution in [-0.4, -0.2) is 16.3 Å². The van der Waals surface area contributed by atoms with Crippen LogP contribution in [0.25, 0.3) is 0 Å². The van der Waals surface area contributed by atoms with Crippen LogP contribution in [0.5, 0.6) is 0 Å². The second-order valence-corrected chi connectivity index (χ2v) is 2.48. The van der Waals surface area contributed by atoms with E-state index in [2.05, 4.69) is 5.32 Å². The summed E-state index contributed by atoms with van der Waals surface area (Å²) in [6.07, 6.45) is 0.258. The highest BCUT2D eigenvalue weighted by atomic mass is 16.6. The van der Waals surface area contributed by atoms with Crippen molar-refractivity contribution in [1.82, 2.24) is 0 Å². The Labute approximate surface area is 82.8 Å². The maximum Gasteiger partial charge on any atom is 0.299 e. The first kappa shape index (κ1) is 10.6. The number of carbonyl (C=O) groups is 1. The van der Waals surface area contributed by atoms with E-state index in [-0.39, 0.29) is 12.1 Å². The molecular weight excluding hydrogens is 206 g/mol. The summed E-state index contributed by atoms with van der Waals surface area (Å²) in [6, 6.07) is 2.95. The van der Waals surface area contributed by atoms with Crippen molar-refractivity contribution in [1.29, 1.82) is 0 Å². The molecule has 0 radical (unpaired) electrons. The first-order valence-electron chi connectivity index (χ1n) is 3.69. The van der Waals surface area contributed by atoms with Crippen LogP contribution in [0.3, 0.4) is 0 Å². The molecule has 0 unspecified atom stereocenters. The zero-order chi connectivity index (χ0) is 11.4. The molecule has 0 fully saturated rings. The van der Waals surface area contributed by atoms with Crippen molar-refractivity contribution in [2.24, 2.45) is 0 Å². The van der Waals surface area contributed by atoms with Gasteiger partial charge in [-0.25, -0.2) is 0 Å². The van der Waals surface area contributed by atoms with Gasteiger partial charge in [-0.3, -0.25) is 25.0 Å². The second kappa shape index (κ2) is 4.13. The summed E-state index contributed by atoms with van der Waals surface area (Å²) in [4.78, 5) is 29.4. The largest absolute Gasteiger partial charge is 0.323 e. The topological polar surface area (TPSA) is 115 Å². The molecular formula is C7H5N3O5. The summed E-state index contributed by atoms with van der Waals surface area (Å²) < 4.78 is 0. The zero-order valence-corrected chi connectivity index (χ0v) is 7.25. The minimum Gasteiger partial charge on any atom is -0.323 e. The Balaban J connectivity index is 3.26. The lowest BCUT2D eigenvalue weighted by molar-refractivity contribution is -0.393. The summed E-state index contributed by atoms with van der Waals surface area (Å²) in [6.45, 7) is 0. The molecule has 0 aliphatic heterocycles. The molecule has 78 valence electrons. The normalized spacial score (nSPS) is 9.33. The highest BCUT2D eigenvalue weighted by Crippen LogP contribution is 2.28. The van der Waals surface area contributed by atoms with E-state index >= 15 is 0 Å². The number of hydrogen-bond acceptors (Lipinski definition) is 5. The molecule has 0 bridgehead atoms. The standard InChI is InChI=1S/C7H5N3O5/c11-4-8-6-2-1-5(9(12)13)3-7(6)10(14)15/h1-4H,(H,8,11). The Hall–Kier alpha value is -2.51. The highest BCUT2D eigenvalue weighted by Gasteiger charge is 2.18. The number of nitro benzene ring substituents is 2. The molecule has 8 nitrogen and oxygen atoms in total. The number of nitro groups is 2. The number of nitrogens with one attached hydrogen (secondary N) is 1. The van der Waals surface area contributed by atoms with Crippen molar-refractivity contribution in [3.05, 3.63) is 38.4 Å². The van der Waals surface area contributed by atoms with Crippen molar-refractivity contribution < 1.29 is 14.6 Å². The quantitative estimate of drug-likeness (QED) is 0.454. The van der Waals surface area contributed by atoms with Crippen molar-refractivity contribution >= 4 is 23.5 Å². The number of benzene rings is 1. The fraction of sp³-hybridized carbons (Fsp3) is 0. The molecule has 1 aromatic rings. The molecule has 1 amide bonds. The Morgan fingerprint density at radius 3 is 2.33 bits per heavy atom. The average Bonchev–Trinajstić information content (AvgIpc) is 2.18. The molecule has 1 N–H and O–H groups in total. The summed E-state index contributed by atoms with van der Waals surface area (Å²) in [5, 5.41) is 22.9. The van der Waals surface area contributed by atoms with Crippen LogP contribution < -0.4 is 5.32 Å². The summed E-state index contributed by atoms with van der Waals surface area (Å²) in [5.74, 6) is 0. The van der Waals surface area contributed by atoms with E-state index in [1.165, 1.54) is 0 Å². The number of non-ortho nitro benzene ring substituents is 1. The first-order valence-corrected chi connectivity index (χ1v) is 3.69. The monoisotopic (exact) mass is 211 g/mol. The van der Waals surface area contributed by atoms with Gasteiger partial charge in [0.25, 0.3) is 11.4 Å². The fourth-order valence-electron chi connectivity index (χ4n) is 0.970. The van der Waals surface area contributed by atoms with E-state index in [0.29, 0.717) is 0 Å². The SMILES string of the molecule is O=CNc1ccc([N+](=O)[O-])cc1[N+](=O)[O-]. The third kappa shape index (κ3) is 2.24. The lowest BCUT2D eigenvalue weighted by Crippen LogP contribution is -2.00. The minimum absolute atomic E-state index is 0.0828. The highest BCUT2D eigenvalue weighted by molar-refractivity contribution is 5.78. The molecule has 0 atom stereocenters. The molecule has 0 aromatic heterocycles. The van der Waals surface area contributed by atoms with Crippen molar-refractivity contribution in [3.63, 3.8) is 0 Å². The maximum absolute atomic E-state index is 10.5. The molecule has 15 heavy (non-hydrogen) atoms. The van der Waals surface area contributed by atoms with Crippen LogP contribution >= 0.6 is 0 Å². The van der Waals surface area contributed by atoms with Crippen LogP contribution in [0.4, 0.5) is 17.1 Å². The van der Waals surface area contributed by atoms with Gasteiger partial charge in [0, 0.05) is 6.07 Å². The fourth-order valence-corrected chi connectivity index (χ4v) is 0.970. The summed E-state index contributed by atoms with van der Waals surface area (Å²) >= 11 is 0. The van der Waals surface area contributed by atoms with Crippen molar-refractivity contribution in [3.8, 4) is 0 Å². The van der Waals surface area contributed by atoms with Crippen LogP contribution in [0, 0.1) is 20.2 Å². The average molecular weight is 211 g/mol. The van der Waals surface area contributed by atoms with Gasteiger partial charge >= 0.3 is 0 Å². The smallest absolute Gasteiger partial charge is 0.299 e. The van der Waals surface area contributed by atoms with E-state index in [0.717, 1.165) is 18.2 Å². The second-order valence-electron chi connectivity index (χ2n) is 2.48. The predicted molar refractivity (Wildman–Crippen MR) is 49.4 cm³/mol. The van der Waals surface area contributed by atoms with Gasteiger partial charge in [0.05, 0.1) is 15.9 Å². The molecule has 8 heteroatoms. The van der Waals surface area contributed by atoms with Gasteiger partial charge in [0.1, 0.15) is 5.69 Å². The number of amides is 1. The van der Waals surface area contributed by atoms with Crippen molar-refractivity contribution in [2.75, 3.05) is 5.32 Å². The van der Waals surface area contributed by atoms with Gasteiger partial charge in [-0.1, -0.05) is 0 Å². The molecule has 0 aliphatic rings. The molecule has 0 spiro atoms. The predicted octanol–water partition coefficient (Wildman–Crippen LogP) is 1.07. The van der Waals surface area contributed by atoms with Crippen LogP contribution in [0.15, 0.2) is 18.2 Å². The van der Waals surface area contributed by atoms with Crippen LogP contribution in [0.1, 0.15) is 0 Å². The zero-order valence-electron chi connectivity index (χ0n) is 7.25. The van der Waals surface area contributed by atoms with Gasteiger partial charge in [-0.05, 0) is 6.07 Å². The van der Waals surface area contributed by atoms with E-state index < -0.39 is 21.2 Å². The number of nitrogens with zero attached hydrogens (tertiary/aromatic N) is 2. The number of carbonyl (C=O) groups excluding carboxylic acids is 1. The molecule has 1 aromatic carbocycles. The summed E-state index contributed by atoms with van der Waals surface area (Å²) in [5.41, 5.74) is -1.00. The maximum atomic E-state index is 10.5. The molecule has 0 saturated carbocycles. The number of rotatable bonds is 4. The van der Waals surface area contributed by atoms with E-state index in [1.54, 1.807) is 0 Å². The van der Waals surface area contributed by atoms with Gasteiger partial charge in [-0.15, -0.1) is 0 Å². The number of hydrogen-bond donors (Lipinski definition) is 1. The lowest BCUT2D eigenvalue weighted by Gasteiger charge is -1.99. The third-order valence-corrected chi connectivity index (χ3v) is 1.60. The van der Waals surface area contributed by atoms with Gasteiger partial charge in [0.15, 0.2) is 0 Å². The van der Waals surface area contributed by atoms with Gasteiger partial charge in [-0.2, -0.15) is 0 Å². The molecule has 0 saturated heterocycles. The van der Waals surface area contributed by atoms with Gasteiger partial charge in [0.2, 0.25) is 6.41 Å². The first-order chi connectivity index (χ1) is 7.06. The molecule has 1 rings (SSSR count). The van der Waals surface area contributed by atoms with E-state index in [9.17, 15) is 25.0 Å². The Kier molecular flexibility index (Phi) is 2.91. The van der Waals surface area contributed by atoms with Crippen LogP contribution in [-0.2, 0) is 4.79 Å². The Bertz CT molecular complexity index is 431. The molecule has 0 aliphatic carbocycles. The minimum atomic E-state index is -0.807. The van der Waals surface area contributed by atoms with Crippen molar-refractivity contribution in [2.45, 2.75) is 0 Å². The van der Waals surface area contributed by atoms with Gasteiger partial charge < -0.3 is 5.32 Å².